The normalized spacial score (nSPS) is 11.2. The zero-order valence-corrected chi connectivity index (χ0v) is 11.7. The molecule has 4 nitrogen and oxygen atoms in total. The molecule has 0 N–H and O–H groups in total. The highest BCUT2D eigenvalue weighted by atomic mass is 19.1. The molecule has 0 saturated heterocycles. The van der Waals surface area contributed by atoms with Gasteiger partial charge in [-0.05, 0) is 26.0 Å². The summed E-state index contributed by atoms with van der Waals surface area (Å²) in [6, 6.07) is 4.01. The Balaban J connectivity index is 2.59. The van der Waals surface area contributed by atoms with E-state index in [1.165, 1.54) is 19.2 Å². The van der Waals surface area contributed by atoms with Crippen molar-refractivity contribution in [1.29, 1.82) is 0 Å². The van der Waals surface area contributed by atoms with Crippen molar-refractivity contribution in [1.82, 2.24) is 0 Å². The topological polar surface area (TPSA) is 44.8 Å². The molecule has 0 spiro atoms. The maximum atomic E-state index is 13.6. The first-order valence-electron chi connectivity index (χ1n) is 5.95. The first-order chi connectivity index (χ1) is 8.89. The summed E-state index contributed by atoms with van der Waals surface area (Å²) in [4.78, 5) is 11.7. The first-order valence-corrected chi connectivity index (χ1v) is 5.95. The third-order valence-corrected chi connectivity index (χ3v) is 2.89. The second kappa shape index (κ2) is 6.52. The highest BCUT2D eigenvalue weighted by Gasteiger charge is 2.19. The van der Waals surface area contributed by atoms with Crippen LogP contribution in [0.15, 0.2) is 18.2 Å². The van der Waals surface area contributed by atoms with Gasteiger partial charge >= 0.3 is 5.97 Å². The maximum absolute atomic E-state index is 13.6. The van der Waals surface area contributed by atoms with E-state index in [4.69, 9.17) is 14.2 Å². The summed E-state index contributed by atoms with van der Waals surface area (Å²) in [5, 5.41) is 0. The number of esters is 1. The molecule has 0 amide bonds. The zero-order valence-electron chi connectivity index (χ0n) is 11.7. The maximum Gasteiger partial charge on any atom is 0.341 e. The van der Waals surface area contributed by atoms with Crippen LogP contribution in [0.5, 0.6) is 5.75 Å². The fourth-order valence-corrected chi connectivity index (χ4v) is 1.36. The minimum Gasteiger partial charge on any atom is -0.497 e. The van der Waals surface area contributed by atoms with Crippen LogP contribution in [0.2, 0.25) is 0 Å². The molecule has 0 radical (unpaired) electrons. The average Bonchev–Trinajstić information content (AvgIpc) is 2.38. The molecule has 0 bridgehead atoms. The number of methoxy groups -OCH3 is 2. The van der Waals surface area contributed by atoms with Crippen molar-refractivity contribution in [2.24, 2.45) is 0 Å². The second-order valence-corrected chi connectivity index (χ2v) is 4.70. The molecule has 0 aromatic heterocycles. The average molecular weight is 270 g/mol. The molecule has 0 aliphatic rings. The first kappa shape index (κ1) is 15.4. The van der Waals surface area contributed by atoms with Gasteiger partial charge in [0.25, 0.3) is 0 Å². The van der Waals surface area contributed by atoms with Gasteiger partial charge in [-0.2, -0.15) is 0 Å². The number of carbonyl (C=O) groups excluding carboxylic acids is 1. The molecule has 19 heavy (non-hydrogen) atoms. The van der Waals surface area contributed by atoms with Gasteiger partial charge < -0.3 is 14.2 Å². The molecule has 0 fully saturated rings. The highest BCUT2D eigenvalue weighted by Crippen LogP contribution is 2.18. The fraction of sp³-hybridized carbons (Fsp3) is 0.500. The van der Waals surface area contributed by atoms with Crippen molar-refractivity contribution < 1.29 is 23.4 Å². The standard InChI is InChI=1S/C14H19FO4/c1-14(2,18-4)7-8-19-13(16)11-6-5-10(17-3)9-12(11)15/h5-6,9H,7-8H2,1-4H3. The minimum absolute atomic E-state index is 0.101. The van der Waals surface area contributed by atoms with Gasteiger partial charge in [-0.3, -0.25) is 0 Å². The van der Waals surface area contributed by atoms with Crippen LogP contribution >= 0.6 is 0 Å². The summed E-state index contributed by atoms with van der Waals surface area (Å²) in [5.74, 6) is -0.989. The van der Waals surface area contributed by atoms with Crippen molar-refractivity contribution >= 4 is 5.97 Å². The third-order valence-electron chi connectivity index (χ3n) is 2.89. The Hall–Kier alpha value is -1.62. The number of benzene rings is 1. The number of halogens is 1. The summed E-state index contributed by atoms with van der Waals surface area (Å²) in [7, 11) is 3.02. The minimum atomic E-state index is -0.688. The molecule has 0 aliphatic heterocycles. The molecule has 5 heteroatoms. The summed E-state index contributed by atoms with van der Waals surface area (Å²) >= 11 is 0. The Morgan fingerprint density at radius 2 is 2.00 bits per heavy atom. The fourth-order valence-electron chi connectivity index (χ4n) is 1.36. The molecule has 106 valence electrons. The molecule has 1 aromatic carbocycles. The molecule has 1 aromatic rings. The van der Waals surface area contributed by atoms with Gasteiger partial charge in [0.1, 0.15) is 11.6 Å². The van der Waals surface area contributed by atoms with Crippen LogP contribution in [0.25, 0.3) is 0 Å². The lowest BCUT2D eigenvalue weighted by Gasteiger charge is -2.22. The number of rotatable bonds is 6. The van der Waals surface area contributed by atoms with Gasteiger partial charge in [-0.15, -0.1) is 0 Å². The van der Waals surface area contributed by atoms with Gasteiger partial charge in [0, 0.05) is 19.6 Å². The molecular weight excluding hydrogens is 251 g/mol. The number of ether oxygens (including phenoxy) is 3. The van der Waals surface area contributed by atoms with E-state index < -0.39 is 11.8 Å². The largest absolute Gasteiger partial charge is 0.497 e. The Bertz CT molecular complexity index is 443. The summed E-state index contributed by atoms with van der Waals surface area (Å²) in [6.07, 6.45) is 0.535. The van der Waals surface area contributed by atoms with E-state index in [2.05, 4.69) is 0 Å². The predicted octanol–water partition coefficient (Wildman–Crippen LogP) is 2.81. The van der Waals surface area contributed by atoms with E-state index in [0.29, 0.717) is 12.2 Å². The lowest BCUT2D eigenvalue weighted by atomic mass is 10.1. The van der Waals surface area contributed by atoms with E-state index in [0.717, 1.165) is 6.07 Å². The third kappa shape index (κ3) is 4.52. The van der Waals surface area contributed by atoms with Crippen LogP contribution in [0, 0.1) is 5.82 Å². The van der Waals surface area contributed by atoms with Gasteiger partial charge in [-0.1, -0.05) is 0 Å². The van der Waals surface area contributed by atoms with Crippen LogP contribution in [0.3, 0.4) is 0 Å². The number of hydrogen-bond donors (Lipinski definition) is 0. The lowest BCUT2D eigenvalue weighted by Crippen LogP contribution is -2.25. The summed E-state index contributed by atoms with van der Waals surface area (Å²) < 4.78 is 28.7. The predicted molar refractivity (Wildman–Crippen MR) is 68.9 cm³/mol. The van der Waals surface area contributed by atoms with Gasteiger partial charge in [0.2, 0.25) is 0 Å². The lowest BCUT2D eigenvalue weighted by molar-refractivity contribution is -0.00574. The van der Waals surface area contributed by atoms with Crippen LogP contribution in [-0.4, -0.2) is 32.4 Å². The Labute approximate surface area is 112 Å². The van der Waals surface area contributed by atoms with Crippen molar-refractivity contribution in [3.63, 3.8) is 0 Å². The van der Waals surface area contributed by atoms with Gasteiger partial charge in [0.15, 0.2) is 0 Å². The van der Waals surface area contributed by atoms with E-state index >= 15 is 0 Å². The highest BCUT2D eigenvalue weighted by molar-refractivity contribution is 5.89. The Morgan fingerprint density at radius 3 is 2.53 bits per heavy atom. The second-order valence-electron chi connectivity index (χ2n) is 4.70. The van der Waals surface area contributed by atoms with Crippen LogP contribution in [-0.2, 0) is 9.47 Å². The number of hydrogen-bond acceptors (Lipinski definition) is 4. The van der Waals surface area contributed by atoms with Gasteiger partial charge in [0.05, 0.1) is 24.9 Å². The van der Waals surface area contributed by atoms with E-state index in [-0.39, 0.29) is 17.8 Å². The molecule has 0 heterocycles. The van der Waals surface area contributed by atoms with Crippen molar-refractivity contribution in [2.45, 2.75) is 25.9 Å². The SMILES string of the molecule is COc1ccc(C(=O)OCCC(C)(C)OC)c(F)c1. The Kier molecular flexibility index (Phi) is 5.30. The van der Waals surface area contributed by atoms with Crippen molar-refractivity contribution in [3.8, 4) is 5.75 Å². The monoisotopic (exact) mass is 270 g/mol. The van der Waals surface area contributed by atoms with E-state index in [1.54, 1.807) is 7.11 Å². The van der Waals surface area contributed by atoms with Crippen LogP contribution in [0.1, 0.15) is 30.6 Å². The summed E-state index contributed by atoms with van der Waals surface area (Å²) in [6.45, 7) is 3.94. The van der Waals surface area contributed by atoms with E-state index in [1.807, 2.05) is 13.8 Å². The van der Waals surface area contributed by atoms with Crippen molar-refractivity contribution in [2.75, 3.05) is 20.8 Å². The Morgan fingerprint density at radius 1 is 1.32 bits per heavy atom. The van der Waals surface area contributed by atoms with Gasteiger partial charge in [-0.25, -0.2) is 9.18 Å². The molecule has 1 rings (SSSR count). The molecule has 0 aliphatic carbocycles. The van der Waals surface area contributed by atoms with Crippen LogP contribution < -0.4 is 4.74 Å². The van der Waals surface area contributed by atoms with E-state index in [9.17, 15) is 9.18 Å². The summed E-state index contributed by atoms with van der Waals surface area (Å²) in [5.41, 5.74) is -0.477. The van der Waals surface area contributed by atoms with Crippen LogP contribution in [0.4, 0.5) is 4.39 Å². The molecule has 0 saturated carbocycles. The molecule has 0 atom stereocenters. The molecular formula is C14H19FO4. The van der Waals surface area contributed by atoms with Crippen molar-refractivity contribution in [3.05, 3.63) is 29.6 Å². The quantitative estimate of drug-likeness (QED) is 0.746. The molecule has 0 unspecified atom stereocenters. The number of carbonyl (C=O) groups is 1. The smallest absolute Gasteiger partial charge is 0.341 e. The zero-order chi connectivity index (χ0) is 14.5.